The minimum Gasteiger partial charge on any atom is -0.497 e. The highest BCUT2D eigenvalue weighted by Crippen LogP contribution is 2.40. The van der Waals surface area contributed by atoms with Crippen LogP contribution in [0.5, 0.6) is 5.75 Å². The quantitative estimate of drug-likeness (QED) is 0.388. The third-order valence-electron chi connectivity index (χ3n) is 5.23. The highest BCUT2D eigenvalue weighted by atomic mass is 32.2. The third-order valence-corrected chi connectivity index (χ3v) is 6.68. The number of non-ortho nitro benzene ring substituents is 1. The lowest BCUT2D eigenvalue weighted by Crippen LogP contribution is -2.31. The molecule has 2 atom stereocenters. The fraction of sp³-hybridized carbons (Fsp3) is 0.292. The van der Waals surface area contributed by atoms with Gasteiger partial charge in [-0.05, 0) is 74.2 Å². The predicted molar refractivity (Wildman–Crippen MR) is 126 cm³/mol. The number of hydrogen-bond acceptors (Lipinski definition) is 5. The Morgan fingerprint density at radius 3 is 2.28 bits per heavy atom. The Morgan fingerprint density at radius 1 is 1.12 bits per heavy atom. The van der Waals surface area contributed by atoms with Gasteiger partial charge < -0.3 is 9.46 Å². The van der Waals surface area contributed by atoms with E-state index in [9.17, 15) is 19.1 Å². The average Bonchev–Trinajstić information content (AvgIpc) is 2.77. The fourth-order valence-electron chi connectivity index (χ4n) is 3.40. The summed E-state index contributed by atoms with van der Waals surface area (Å²) >= 11 is 0. The average molecular weight is 455 g/mol. The van der Waals surface area contributed by atoms with Crippen LogP contribution in [0.25, 0.3) is 5.57 Å². The Kier molecular flexibility index (Phi) is 6.93. The molecule has 0 heterocycles. The van der Waals surface area contributed by atoms with Gasteiger partial charge in [0.15, 0.2) is 5.78 Å². The van der Waals surface area contributed by atoms with E-state index < -0.39 is 20.7 Å². The maximum atomic E-state index is 13.1. The summed E-state index contributed by atoms with van der Waals surface area (Å²) in [6.45, 7) is 5.56. The molecule has 0 aromatic heterocycles. The molecule has 1 aliphatic rings. The Hall–Kier alpha value is -3.26. The summed E-state index contributed by atoms with van der Waals surface area (Å²) in [6, 6.07) is 13.7. The molecule has 1 aliphatic carbocycles. The monoisotopic (exact) mass is 454 g/mol. The standard InChI is InChI=1S/C24H26N2O5S/c1-24(2,3)32(30)25-15-22-21(17-7-11-20(31-4)12-8-17)13-18(14-23(22)27)16-5-9-19(10-6-16)26(28)29/h5-12,14-15,21,25H,13H2,1-4H3/b22-15+/t21-,32?/m1/s1. The molecule has 0 fully saturated rings. The van der Waals surface area contributed by atoms with E-state index in [-0.39, 0.29) is 17.4 Å². The molecule has 168 valence electrons. The fourth-order valence-corrected chi connectivity index (χ4v) is 3.99. The first-order valence-corrected chi connectivity index (χ1v) is 11.3. The summed E-state index contributed by atoms with van der Waals surface area (Å²) in [5, 5.41) is 11.0. The van der Waals surface area contributed by atoms with Gasteiger partial charge in [-0.25, -0.2) is 4.21 Å². The molecule has 7 nitrogen and oxygen atoms in total. The van der Waals surface area contributed by atoms with Crippen molar-refractivity contribution in [3.05, 3.63) is 87.6 Å². The van der Waals surface area contributed by atoms with E-state index in [1.54, 1.807) is 31.5 Å². The maximum Gasteiger partial charge on any atom is 0.269 e. The third kappa shape index (κ3) is 5.31. The number of ether oxygens (including phenoxy) is 1. The normalized spacial score (nSPS) is 18.8. The summed E-state index contributed by atoms with van der Waals surface area (Å²) in [5.74, 6) is 0.247. The summed E-state index contributed by atoms with van der Waals surface area (Å²) in [7, 11) is 0.224. The Bertz CT molecular complexity index is 1100. The number of nitrogens with one attached hydrogen (secondary N) is 1. The van der Waals surface area contributed by atoms with Crippen molar-refractivity contribution in [3.8, 4) is 5.75 Å². The second kappa shape index (κ2) is 9.48. The van der Waals surface area contributed by atoms with Crippen LogP contribution >= 0.6 is 0 Å². The molecule has 3 rings (SSSR count). The van der Waals surface area contributed by atoms with Gasteiger partial charge in [-0.3, -0.25) is 14.9 Å². The van der Waals surface area contributed by atoms with Crippen LogP contribution in [0.15, 0.2) is 66.4 Å². The molecule has 0 amide bonds. The van der Waals surface area contributed by atoms with Gasteiger partial charge in [0, 0.05) is 29.8 Å². The number of nitro benzene ring substituents is 1. The van der Waals surface area contributed by atoms with Gasteiger partial charge in [0.05, 0.1) is 16.8 Å². The number of nitrogens with zero attached hydrogens (tertiary/aromatic N) is 1. The molecule has 2 aromatic carbocycles. The molecule has 2 aromatic rings. The SMILES string of the molecule is COc1ccc([C@H]2CC(c3ccc([N+](=O)[O-])cc3)=CC(=O)/C2=C/NS(=O)C(C)(C)C)cc1. The molecule has 8 heteroatoms. The number of methoxy groups -OCH3 is 1. The van der Waals surface area contributed by atoms with Gasteiger partial charge in [0.2, 0.25) is 0 Å². The molecule has 0 aliphatic heterocycles. The largest absolute Gasteiger partial charge is 0.497 e. The lowest BCUT2D eigenvalue weighted by Gasteiger charge is -2.26. The molecule has 32 heavy (non-hydrogen) atoms. The molecular formula is C24H26N2O5S. The van der Waals surface area contributed by atoms with E-state index in [0.29, 0.717) is 17.7 Å². The summed E-state index contributed by atoms with van der Waals surface area (Å²) < 4.78 is 20.1. The smallest absolute Gasteiger partial charge is 0.269 e. The maximum absolute atomic E-state index is 13.1. The van der Waals surface area contributed by atoms with Crippen LogP contribution in [0.3, 0.4) is 0 Å². The van der Waals surface area contributed by atoms with Crippen molar-refractivity contribution in [1.29, 1.82) is 0 Å². The number of allylic oxidation sites excluding steroid dienone is 3. The minimum absolute atomic E-state index is 0.00219. The molecule has 1 N–H and O–H groups in total. The van der Waals surface area contributed by atoms with Gasteiger partial charge >= 0.3 is 0 Å². The molecule has 0 saturated carbocycles. The molecule has 0 saturated heterocycles. The van der Waals surface area contributed by atoms with Crippen molar-refractivity contribution >= 4 is 28.0 Å². The van der Waals surface area contributed by atoms with Crippen LogP contribution in [-0.4, -0.2) is 26.8 Å². The van der Waals surface area contributed by atoms with Gasteiger partial charge in [0.25, 0.3) is 5.69 Å². The summed E-state index contributed by atoms with van der Waals surface area (Å²) in [6.07, 6.45) is 3.63. The Morgan fingerprint density at radius 2 is 1.75 bits per heavy atom. The molecule has 0 radical (unpaired) electrons. The first-order valence-electron chi connectivity index (χ1n) is 10.1. The van der Waals surface area contributed by atoms with Crippen molar-refractivity contribution in [2.45, 2.75) is 37.9 Å². The number of ketones is 1. The number of benzene rings is 2. The second-order valence-corrected chi connectivity index (χ2v) is 10.5. The first-order chi connectivity index (χ1) is 15.1. The van der Waals surface area contributed by atoms with Gasteiger partial charge in [-0.2, -0.15) is 0 Å². The summed E-state index contributed by atoms with van der Waals surface area (Å²) in [5.41, 5.74) is 2.98. The van der Waals surface area contributed by atoms with Crippen molar-refractivity contribution in [2.75, 3.05) is 7.11 Å². The first kappa shape index (κ1) is 23.4. The number of hydrogen-bond donors (Lipinski definition) is 1. The van der Waals surface area contributed by atoms with E-state index in [4.69, 9.17) is 4.74 Å². The van der Waals surface area contributed by atoms with E-state index in [1.807, 2.05) is 45.0 Å². The van der Waals surface area contributed by atoms with Gasteiger partial charge in [-0.15, -0.1) is 0 Å². The highest BCUT2D eigenvalue weighted by molar-refractivity contribution is 7.84. The molecule has 0 bridgehead atoms. The van der Waals surface area contributed by atoms with E-state index in [1.165, 1.54) is 12.1 Å². The molecule has 0 spiro atoms. The lowest BCUT2D eigenvalue weighted by molar-refractivity contribution is -0.384. The zero-order valence-corrected chi connectivity index (χ0v) is 19.3. The van der Waals surface area contributed by atoms with E-state index in [2.05, 4.69) is 4.72 Å². The highest BCUT2D eigenvalue weighted by Gasteiger charge is 2.29. The molecular weight excluding hydrogens is 428 g/mol. The second-order valence-electron chi connectivity index (χ2n) is 8.47. The van der Waals surface area contributed by atoms with Crippen LogP contribution in [0.4, 0.5) is 5.69 Å². The van der Waals surface area contributed by atoms with Crippen LogP contribution < -0.4 is 9.46 Å². The van der Waals surface area contributed by atoms with Crippen LogP contribution in [0, 0.1) is 10.1 Å². The zero-order chi connectivity index (χ0) is 23.5. The van der Waals surface area contributed by atoms with Crippen LogP contribution in [-0.2, 0) is 15.8 Å². The molecule has 1 unspecified atom stereocenters. The Labute approximate surface area is 189 Å². The van der Waals surface area contributed by atoms with Gasteiger partial charge in [-0.1, -0.05) is 12.1 Å². The zero-order valence-electron chi connectivity index (χ0n) is 18.5. The Balaban J connectivity index is 1.99. The van der Waals surface area contributed by atoms with Crippen molar-refractivity contribution in [1.82, 2.24) is 4.72 Å². The van der Waals surface area contributed by atoms with E-state index >= 15 is 0 Å². The predicted octanol–water partition coefficient (Wildman–Crippen LogP) is 4.68. The number of carbonyl (C=O) groups excluding carboxylic acids is 1. The van der Waals surface area contributed by atoms with Gasteiger partial charge in [0.1, 0.15) is 16.7 Å². The number of rotatable bonds is 6. The van der Waals surface area contributed by atoms with Crippen LogP contribution in [0.2, 0.25) is 0 Å². The van der Waals surface area contributed by atoms with E-state index in [0.717, 1.165) is 16.7 Å². The topological polar surface area (TPSA) is 98.5 Å². The number of nitro groups is 1. The summed E-state index contributed by atoms with van der Waals surface area (Å²) in [4.78, 5) is 23.6. The lowest BCUT2D eigenvalue weighted by atomic mass is 9.78. The minimum atomic E-state index is -1.37. The van der Waals surface area contributed by atoms with Crippen molar-refractivity contribution < 1.29 is 18.7 Å². The van der Waals surface area contributed by atoms with Crippen molar-refractivity contribution in [3.63, 3.8) is 0 Å². The van der Waals surface area contributed by atoms with Crippen molar-refractivity contribution in [2.24, 2.45) is 0 Å². The van der Waals surface area contributed by atoms with Crippen LogP contribution in [0.1, 0.15) is 44.2 Å². The number of carbonyl (C=O) groups is 1.